The lowest BCUT2D eigenvalue weighted by molar-refractivity contribution is -0.113. The van der Waals surface area contributed by atoms with Crippen molar-refractivity contribution < 1.29 is 9.18 Å². The van der Waals surface area contributed by atoms with Crippen LogP contribution < -0.4 is 10.2 Å². The van der Waals surface area contributed by atoms with Crippen molar-refractivity contribution in [2.45, 2.75) is 24.4 Å². The van der Waals surface area contributed by atoms with E-state index in [1.165, 1.54) is 53.5 Å². The van der Waals surface area contributed by atoms with Crippen LogP contribution in [-0.4, -0.2) is 45.0 Å². The van der Waals surface area contributed by atoms with Crippen molar-refractivity contribution in [3.05, 3.63) is 54.3 Å². The molecule has 1 aliphatic heterocycles. The third kappa shape index (κ3) is 4.92. The van der Waals surface area contributed by atoms with Crippen molar-refractivity contribution >= 4 is 29.0 Å². The number of carbonyl (C=O) groups excluding carboxylic acids is 1. The highest BCUT2D eigenvalue weighted by Crippen LogP contribution is 2.23. The fourth-order valence-corrected chi connectivity index (χ4v) is 3.96. The van der Waals surface area contributed by atoms with E-state index in [9.17, 15) is 9.18 Å². The summed E-state index contributed by atoms with van der Waals surface area (Å²) < 4.78 is 14.8. The van der Waals surface area contributed by atoms with Crippen molar-refractivity contribution in [3.8, 4) is 5.69 Å². The number of nitrogens with one attached hydrogen (secondary N) is 1. The van der Waals surface area contributed by atoms with Crippen LogP contribution in [0, 0.1) is 5.82 Å². The maximum absolute atomic E-state index is 13.4. The summed E-state index contributed by atoms with van der Waals surface area (Å²) >= 11 is 1.19. The molecule has 0 saturated carbocycles. The quantitative estimate of drug-likeness (QED) is 0.625. The standard InChI is InChI=1S/C20H21FN6OS/c21-15-5-4-6-18(13-15)27-20(23-24-25-27)29-14-19(28)22-16-7-9-17(10-8-16)26-11-2-1-3-12-26/h4-10,13H,1-3,11-12,14H2,(H,22,28). The number of aromatic nitrogens is 4. The average molecular weight is 412 g/mol. The van der Waals surface area contributed by atoms with Crippen LogP contribution in [0.4, 0.5) is 15.8 Å². The zero-order chi connectivity index (χ0) is 20.1. The third-order valence-electron chi connectivity index (χ3n) is 4.70. The molecule has 0 bridgehead atoms. The number of tetrazole rings is 1. The number of carbonyl (C=O) groups is 1. The molecule has 0 spiro atoms. The summed E-state index contributed by atoms with van der Waals surface area (Å²) in [6.45, 7) is 2.17. The Morgan fingerprint density at radius 2 is 1.86 bits per heavy atom. The summed E-state index contributed by atoms with van der Waals surface area (Å²) in [5.41, 5.74) is 2.44. The molecule has 1 fully saturated rings. The van der Waals surface area contributed by atoms with Crippen LogP contribution in [0.1, 0.15) is 19.3 Å². The Bertz CT molecular complexity index is 971. The van der Waals surface area contributed by atoms with Crippen molar-refractivity contribution in [1.29, 1.82) is 0 Å². The predicted molar refractivity (Wildman–Crippen MR) is 111 cm³/mol. The Labute approximate surface area is 172 Å². The topological polar surface area (TPSA) is 75.9 Å². The maximum atomic E-state index is 13.4. The van der Waals surface area contributed by atoms with Gasteiger partial charge in [-0.15, -0.1) is 5.10 Å². The first-order valence-electron chi connectivity index (χ1n) is 9.51. The normalized spacial score (nSPS) is 14.0. The Morgan fingerprint density at radius 3 is 2.62 bits per heavy atom. The monoisotopic (exact) mass is 412 g/mol. The van der Waals surface area contributed by atoms with E-state index >= 15 is 0 Å². The number of hydrogen-bond acceptors (Lipinski definition) is 6. The highest BCUT2D eigenvalue weighted by atomic mass is 32.2. The van der Waals surface area contributed by atoms with Crippen LogP contribution in [0.25, 0.3) is 5.69 Å². The second-order valence-corrected chi connectivity index (χ2v) is 7.73. The van der Waals surface area contributed by atoms with E-state index in [1.807, 2.05) is 24.3 Å². The van der Waals surface area contributed by atoms with Crippen LogP contribution in [0.3, 0.4) is 0 Å². The number of nitrogens with zero attached hydrogens (tertiary/aromatic N) is 5. The summed E-state index contributed by atoms with van der Waals surface area (Å²) in [4.78, 5) is 14.7. The molecule has 7 nitrogen and oxygen atoms in total. The van der Waals surface area contributed by atoms with Gasteiger partial charge in [0.2, 0.25) is 11.1 Å². The van der Waals surface area contributed by atoms with Gasteiger partial charge in [0.1, 0.15) is 5.82 Å². The summed E-state index contributed by atoms with van der Waals surface area (Å²) in [5, 5.41) is 14.7. The zero-order valence-electron chi connectivity index (χ0n) is 15.8. The minimum Gasteiger partial charge on any atom is -0.372 e. The van der Waals surface area contributed by atoms with E-state index in [0.717, 1.165) is 18.8 Å². The minimum absolute atomic E-state index is 0.142. The number of piperidine rings is 1. The van der Waals surface area contributed by atoms with Crippen LogP contribution >= 0.6 is 11.8 Å². The van der Waals surface area contributed by atoms with Gasteiger partial charge in [-0.25, -0.2) is 4.39 Å². The second kappa shape index (κ2) is 9.04. The lowest BCUT2D eigenvalue weighted by Gasteiger charge is -2.28. The third-order valence-corrected chi connectivity index (χ3v) is 5.62. The molecule has 4 rings (SSSR count). The van der Waals surface area contributed by atoms with Crippen molar-refractivity contribution in [3.63, 3.8) is 0 Å². The first-order chi connectivity index (χ1) is 14.2. The summed E-state index contributed by atoms with van der Waals surface area (Å²) in [5.74, 6) is -0.391. The Morgan fingerprint density at radius 1 is 1.07 bits per heavy atom. The van der Waals surface area contributed by atoms with E-state index in [0.29, 0.717) is 10.8 Å². The number of rotatable bonds is 6. The molecule has 150 valence electrons. The van der Waals surface area contributed by atoms with E-state index in [2.05, 4.69) is 25.7 Å². The summed E-state index contributed by atoms with van der Waals surface area (Å²) in [7, 11) is 0. The van der Waals surface area contributed by atoms with Crippen LogP contribution in [0.5, 0.6) is 0 Å². The first kappa shape index (κ1) is 19.4. The second-order valence-electron chi connectivity index (χ2n) is 6.78. The molecule has 0 unspecified atom stereocenters. The Balaban J connectivity index is 1.33. The summed E-state index contributed by atoms with van der Waals surface area (Å²) in [6.07, 6.45) is 3.75. The van der Waals surface area contributed by atoms with Gasteiger partial charge < -0.3 is 10.2 Å². The van der Waals surface area contributed by atoms with E-state index < -0.39 is 0 Å². The minimum atomic E-state index is -0.375. The van der Waals surface area contributed by atoms with E-state index in [-0.39, 0.29) is 17.5 Å². The van der Waals surface area contributed by atoms with Gasteiger partial charge in [-0.2, -0.15) is 4.68 Å². The van der Waals surface area contributed by atoms with E-state index in [4.69, 9.17) is 0 Å². The van der Waals surface area contributed by atoms with Crippen molar-refractivity contribution in [1.82, 2.24) is 20.2 Å². The molecule has 0 aliphatic carbocycles. The average Bonchev–Trinajstić information content (AvgIpc) is 3.22. The number of benzene rings is 2. The number of thioether (sulfide) groups is 1. The first-order valence-corrected chi connectivity index (χ1v) is 10.5. The number of anilines is 2. The fraction of sp³-hybridized carbons (Fsp3) is 0.300. The zero-order valence-corrected chi connectivity index (χ0v) is 16.6. The van der Waals surface area contributed by atoms with E-state index in [1.54, 1.807) is 12.1 Å². The molecule has 1 saturated heterocycles. The van der Waals surface area contributed by atoms with Crippen LogP contribution in [-0.2, 0) is 4.79 Å². The number of amides is 1. The highest BCUT2D eigenvalue weighted by Gasteiger charge is 2.13. The van der Waals surface area contributed by atoms with Gasteiger partial charge in [-0.1, -0.05) is 17.8 Å². The van der Waals surface area contributed by atoms with Crippen molar-refractivity contribution in [2.24, 2.45) is 0 Å². The number of hydrogen-bond donors (Lipinski definition) is 1. The fourth-order valence-electron chi connectivity index (χ4n) is 3.27. The van der Waals surface area contributed by atoms with Gasteiger partial charge in [0.15, 0.2) is 0 Å². The molecule has 0 radical (unpaired) electrons. The number of halogens is 1. The summed E-state index contributed by atoms with van der Waals surface area (Å²) in [6, 6.07) is 13.9. The molecule has 29 heavy (non-hydrogen) atoms. The molecular formula is C20H21FN6OS. The largest absolute Gasteiger partial charge is 0.372 e. The molecule has 1 aliphatic rings. The molecule has 1 N–H and O–H groups in total. The van der Waals surface area contributed by atoms with Gasteiger partial charge in [-0.3, -0.25) is 4.79 Å². The molecular weight excluding hydrogens is 391 g/mol. The molecule has 2 heterocycles. The lowest BCUT2D eigenvalue weighted by Crippen LogP contribution is -2.29. The van der Waals surface area contributed by atoms with Gasteiger partial charge in [0.25, 0.3) is 0 Å². The maximum Gasteiger partial charge on any atom is 0.234 e. The van der Waals surface area contributed by atoms with Crippen molar-refractivity contribution in [2.75, 3.05) is 29.1 Å². The SMILES string of the molecule is O=C(CSc1nnnn1-c1cccc(F)c1)Nc1ccc(N2CCCCC2)cc1. The van der Waals surface area contributed by atoms with Gasteiger partial charge >= 0.3 is 0 Å². The highest BCUT2D eigenvalue weighted by molar-refractivity contribution is 7.99. The molecule has 9 heteroatoms. The predicted octanol–water partition coefficient (Wildman–Crippen LogP) is 3.52. The van der Waals surface area contributed by atoms with Gasteiger partial charge in [0.05, 0.1) is 11.4 Å². The van der Waals surface area contributed by atoms with Crippen LogP contribution in [0.15, 0.2) is 53.7 Å². The van der Waals surface area contributed by atoms with Gasteiger partial charge in [-0.05, 0) is 72.2 Å². The molecule has 2 aromatic carbocycles. The van der Waals surface area contributed by atoms with Crippen LogP contribution in [0.2, 0.25) is 0 Å². The molecule has 3 aromatic rings. The Hall–Kier alpha value is -2.94. The molecule has 1 amide bonds. The Kier molecular flexibility index (Phi) is 6.04. The smallest absolute Gasteiger partial charge is 0.234 e. The van der Waals surface area contributed by atoms with Gasteiger partial charge in [0, 0.05) is 24.5 Å². The lowest BCUT2D eigenvalue weighted by atomic mass is 10.1. The molecule has 1 aromatic heterocycles. The molecule has 0 atom stereocenters.